The van der Waals surface area contributed by atoms with Crippen molar-refractivity contribution in [3.05, 3.63) is 64.4 Å². The van der Waals surface area contributed by atoms with Crippen molar-refractivity contribution < 1.29 is 9.53 Å². The van der Waals surface area contributed by atoms with Crippen LogP contribution in [0.1, 0.15) is 10.4 Å². The lowest BCUT2D eigenvalue weighted by Gasteiger charge is -2.05. The number of H-pyrrole nitrogens is 1. The Morgan fingerprint density at radius 3 is 2.80 bits per heavy atom. The lowest BCUT2D eigenvalue weighted by molar-refractivity contribution is 0.0600. The summed E-state index contributed by atoms with van der Waals surface area (Å²) < 4.78 is 6.20. The average molecular weight is 334 g/mol. The van der Waals surface area contributed by atoms with Crippen LogP contribution in [0.5, 0.6) is 0 Å². The van der Waals surface area contributed by atoms with Gasteiger partial charge in [0.2, 0.25) is 0 Å². The molecule has 3 N–H and O–H groups in total. The number of nitrogen functional groups attached to an aromatic ring is 1. The summed E-state index contributed by atoms with van der Waals surface area (Å²) in [5.41, 5.74) is 8.03. The second-order valence-corrected chi connectivity index (χ2v) is 5.56. The normalized spacial score (nSPS) is 11.1. The summed E-state index contributed by atoms with van der Waals surface area (Å²) in [6.07, 6.45) is 0. The van der Waals surface area contributed by atoms with Gasteiger partial charge in [-0.25, -0.2) is 9.48 Å². The molecule has 124 valence electrons. The number of para-hydroxylation sites is 1. The number of hydrogen-bond acceptors (Lipinski definition) is 5. The Labute approximate surface area is 141 Å². The van der Waals surface area contributed by atoms with Gasteiger partial charge in [0, 0.05) is 5.39 Å². The first-order chi connectivity index (χ1) is 12.1. The molecule has 4 aromatic rings. The molecule has 2 aromatic heterocycles. The fourth-order valence-electron chi connectivity index (χ4n) is 2.91. The third-order valence-corrected chi connectivity index (χ3v) is 4.09. The van der Waals surface area contributed by atoms with E-state index in [9.17, 15) is 9.59 Å². The molecule has 0 aliphatic rings. The van der Waals surface area contributed by atoms with Crippen molar-refractivity contribution in [3.63, 3.8) is 0 Å². The van der Waals surface area contributed by atoms with E-state index in [0.717, 1.165) is 5.39 Å². The highest BCUT2D eigenvalue weighted by atomic mass is 16.5. The van der Waals surface area contributed by atoms with Crippen LogP contribution in [-0.4, -0.2) is 27.8 Å². The number of benzene rings is 2. The number of esters is 1. The summed E-state index contributed by atoms with van der Waals surface area (Å²) in [4.78, 5) is 27.0. The first-order valence-electron chi connectivity index (χ1n) is 7.58. The van der Waals surface area contributed by atoms with E-state index in [1.54, 1.807) is 24.3 Å². The molecule has 0 saturated carbocycles. The largest absolute Gasteiger partial charge is 0.465 e. The van der Waals surface area contributed by atoms with Crippen molar-refractivity contribution in [1.82, 2.24) is 14.8 Å². The van der Waals surface area contributed by atoms with Gasteiger partial charge in [-0.05, 0) is 24.3 Å². The van der Waals surface area contributed by atoms with Crippen molar-refractivity contribution in [3.8, 4) is 5.69 Å². The number of nitrogens with zero attached hydrogens (tertiary/aromatic N) is 2. The van der Waals surface area contributed by atoms with E-state index in [2.05, 4.69) is 10.1 Å². The van der Waals surface area contributed by atoms with Crippen LogP contribution in [0.2, 0.25) is 0 Å². The van der Waals surface area contributed by atoms with Crippen molar-refractivity contribution in [2.75, 3.05) is 12.8 Å². The van der Waals surface area contributed by atoms with Crippen molar-refractivity contribution in [1.29, 1.82) is 0 Å². The number of carbonyl (C=O) groups is 1. The first kappa shape index (κ1) is 14.9. The van der Waals surface area contributed by atoms with Gasteiger partial charge in [0.25, 0.3) is 5.56 Å². The van der Waals surface area contributed by atoms with Crippen molar-refractivity contribution in [2.24, 2.45) is 0 Å². The second-order valence-electron chi connectivity index (χ2n) is 5.56. The minimum absolute atomic E-state index is 0.212. The molecule has 7 nitrogen and oxygen atoms in total. The molecule has 0 spiro atoms. The lowest BCUT2D eigenvalue weighted by atomic mass is 10.1. The van der Waals surface area contributed by atoms with E-state index < -0.39 is 5.97 Å². The molecule has 0 radical (unpaired) electrons. The molecule has 0 atom stereocenters. The van der Waals surface area contributed by atoms with Gasteiger partial charge in [-0.15, -0.1) is 0 Å². The number of fused-ring (bicyclic) bond motifs is 3. The molecule has 0 bridgehead atoms. The van der Waals surface area contributed by atoms with Crippen LogP contribution in [-0.2, 0) is 4.74 Å². The number of aromatic nitrogens is 3. The molecule has 0 saturated heterocycles. The predicted molar refractivity (Wildman–Crippen MR) is 94.9 cm³/mol. The number of carbonyl (C=O) groups excluding carboxylic acids is 1. The number of nitrogens with two attached hydrogens (primary N) is 1. The van der Waals surface area contributed by atoms with Crippen LogP contribution < -0.4 is 11.3 Å². The van der Waals surface area contributed by atoms with E-state index in [1.165, 1.54) is 11.8 Å². The van der Waals surface area contributed by atoms with E-state index in [4.69, 9.17) is 10.5 Å². The highest BCUT2D eigenvalue weighted by molar-refractivity contribution is 6.06. The van der Waals surface area contributed by atoms with Crippen LogP contribution in [0.4, 0.5) is 5.82 Å². The van der Waals surface area contributed by atoms with Gasteiger partial charge < -0.3 is 15.5 Å². The Morgan fingerprint density at radius 2 is 2.00 bits per heavy atom. The molecule has 7 heteroatoms. The Morgan fingerprint density at radius 1 is 1.20 bits per heavy atom. The quantitative estimate of drug-likeness (QED) is 0.547. The summed E-state index contributed by atoms with van der Waals surface area (Å²) >= 11 is 0. The Bertz CT molecular complexity index is 1190. The van der Waals surface area contributed by atoms with E-state index in [0.29, 0.717) is 27.7 Å². The molecule has 0 amide bonds. The number of rotatable bonds is 2. The minimum atomic E-state index is -0.458. The summed E-state index contributed by atoms with van der Waals surface area (Å²) in [5.74, 6) is -0.246. The van der Waals surface area contributed by atoms with Crippen molar-refractivity contribution >= 4 is 33.6 Å². The number of nitrogens with one attached hydrogen (secondary N) is 1. The third-order valence-electron chi connectivity index (χ3n) is 4.09. The SMILES string of the molecule is COC(=O)c1cccc(-n2nc3c(c2N)c(=O)[nH]c2ccccc23)c1. The maximum Gasteiger partial charge on any atom is 0.337 e. The molecule has 0 aliphatic heterocycles. The fourth-order valence-corrected chi connectivity index (χ4v) is 2.91. The van der Waals surface area contributed by atoms with Gasteiger partial charge in [0.15, 0.2) is 0 Å². The van der Waals surface area contributed by atoms with Gasteiger partial charge in [-0.2, -0.15) is 5.10 Å². The number of aromatic amines is 1. The average Bonchev–Trinajstić information content (AvgIpc) is 2.99. The molecular formula is C18H14N4O3. The zero-order valence-electron chi connectivity index (χ0n) is 13.3. The zero-order valence-corrected chi connectivity index (χ0v) is 13.3. The Kier molecular flexibility index (Phi) is 3.28. The van der Waals surface area contributed by atoms with Crippen LogP contribution in [0.25, 0.3) is 27.5 Å². The van der Waals surface area contributed by atoms with Gasteiger partial charge in [-0.1, -0.05) is 24.3 Å². The maximum atomic E-state index is 12.4. The highest BCUT2D eigenvalue weighted by Crippen LogP contribution is 2.26. The van der Waals surface area contributed by atoms with Crippen LogP contribution in [0.15, 0.2) is 53.3 Å². The lowest BCUT2D eigenvalue weighted by Crippen LogP contribution is -2.08. The Hall–Kier alpha value is -3.61. The van der Waals surface area contributed by atoms with E-state index >= 15 is 0 Å². The number of pyridine rings is 1. The third kappa shape index (κ3) is 2.25. The topological polar surface area (TPSA) is 103 Å². The Balaban J connectivity index is 2.02. The number of anilines is 1. The van der Waals surface area contributed by atoms with Crippen LogP contribution in [0.3, 0.4) is 0 Å². The molecule has 25 heavy (non-hydrogen) atoms. The zero-order chi connectivity index (χ0) is 17.6. The number of methoxy groups -OCH3 is 1. The van der Waals surface area contributed by atoms with E-state index in [-0.39, 0.29) is 11.4 Å². The van der Waals surface area contributed by atoms with Crippen molar-refractivity contribution in [2.45, 2.75) is 0 Å². The maximum absolute atomic E-state index is 12.4. The summed E-state index contributed by atoms with van der Waals surface area (Å²) in [5, 5.41) is 5.64. The molecule has 2 heterocycles. The monoisotopic (exact) mass is 334 g/mol. The second kappa shape index (κ2) is 5.48. The summed E-state index contributed by atoms with van der Waals surface area (Å²) in [6, 6.07) is 14.1. The molecule has 4 rings (SSSR count). The molecular weight excluding hydrogens is 320 g/mol. The van der Waals surface area contributed by atoms with Gasteiger partial charge in [-0.3, -0.25) is 4.79 Å². The van der Waals surface area contributed by atoms with Crippen LogP contribution >= 0.6 is 0 Å². The summed E-state index contributed by atoms with van der Waals surface area (Å²) in [7, 11) is 1.32. The molecule has 0 fully saturated rings. The first-order valence-corrected chi connectivity index (χ1v) is 7.58. The van der Waals surface area contributed by atoms with Gasteiger partial charge in [0.1, 0.15) is 16.7 Å². The molecule has 0 aliphatic carbocycles. The fraction of sp³-hybridized carbons (Fsp3) is 0.0556. The molecule has 2 aromatic carbocycles. The predicted octanol–water partition coefficient (Wildman–Crippen LogP) is 2.24. The molecule has 0 unspecified atom stereocenters. The van der Waals surface area contributed by atoms with Crippen LogP contribution in [0, 0.1) is 0 Å². The van der Waals surface area contributed by atoms with Gasteiger partial charge in [0.05, 0.1) is 23.9 Å². The van der Waals surface area contributed by atoms with Gasteiger partial charge >= 0.3 is 5.97 Å². The smallest absolute Gasteiger partial charge is 0.337 e. The number of ether oxygens (including phenoxy) is 1. The van der Waals surface area contributed by atoms with E-state index in [1.807, 2.05) is 24.3 Å². The summed E-state index contributed by atoms with van der Waals surface area (Å²) in [6.45, 7) is 0. The number of hydrogen-bond donors (Lipinski definition) is 2. The highest BCUT2D eigenvalue weighted by Gasteiger charge is 2.17. The minimum Gasteiger partial charge on any atom is -0.465 e. The standard InChI is InChI=1S/C18H14N4O3/c1-25-18(24)10-5-4-6-11(9-10)22-16(19)14-15(21-22)12-7-2-3-8-13(12)20-17(14)23/h2-9H,19H2,1H3,(H,20,23).